The van der Waals surface area contributed by atoms with E-state index in [-0.39, 0.29) is 0 Å². The first-order valence-electron chi connectivity index (χ1n) is 5.62. The highest BCUT2D eigenvalue weighted by Crippen LogP contribution is 2.21. The molecule has 84 valence electrons. The van der Waals surface area contributed by atoms with Crippen molar-refractivity contribution in [1.29, 1.82) is 0 Å². The van der Waals surface area contributed by atoms with Gasteiger partial charge in [0.05, 0.1) is 16.9 Å². The summed E-state index contributed by atoms with van der Waals surface area (Å²) >= 11 is 0. The standard InChI is InChI=1S/C14H13N3/c15-10-13-12-8-4-5-9-14(12)17(16-13)11-6-2-1-3-7-11/h1-9H,10,15H2. The quantitative estimate of drug-likeness (QED) is 0.725. The van der Waals surface area contributed by atoms with Crippen LogP contribution in [0.5, 0.6) is 0 Å². The lowest BCUT2D eigenvalue weighted by Gasteiger charge is -2.02. The number of aromatic nitrogens is 2. The van der Waals surface area contributed by atoms with Crippen LogP contribution in [0.25, 0.3) is 16.6 Å². The molecule has 0 saturated heterocycles. The summed E-state index contributed by atoms with van der Waals surface area (Å²) in [5.41, 5.74) is 8.82. The SMILES string of the molecule is NCc1nn(-c2ccccc2)c2ccccc12. The predicted octanol–water partition coefficient (Wildman–Crippen LogP) is 2.48. The van der Waals surface area contributed by atoms with E-state index in [1.807, 2.05) is 47.1 Å². The molecule has 1 heterocycles. The molecule has 17 heavy (non-hydrogen) atoms. The van der Waals surface area contributed by atoms with E-state index in [2.05, 4.69) is 17.2 Å². The van der Waals surface area contributed by atoms with Crippen LogP contribution in [0.4, 0.5) is 0 Å². The molecule has 0 atom stereocenters. The van der Waals surface area contributed by atoms with Crippen molar-refractivity contribution >= 4 is 10.9 Å². The van der Waals surface area contributed by atoms with Crippen LogP contribution in [-0.4, -0.2) is 9.78 Å². The number of para-hydroxylation sites is 2. The maximum Gasteiger partial charge on any atom is 0.0843 e. The molecule has 0 amide bonds. The maximum atomic E-state index is 5.73. The molecule has 0 aliphatic heterocycles. The number of nitrogens with zero attached hydrogens (tertiary/aromatic N) is 2. The highest BCUT2D eigenvalue weighted by atomic mass is 15.3. The fraction of sp³-hybridized carbons (Fsp3) is 0.0714. The van der Waals surface area contributed by atoms with Gasteiger partial charge in [-0.3, -0.25) is 0 Å². The molecule has 3 nitrogen and oxygen atoms in total. The lowest BCUT2D eigenvalue weighted by Crippen LogP contribution is -2.00. The van der Waals surface area contributed by atoms with Crippen LogP contribution in [0.3, 0.4) is 0 Å². The molecule has 3 aromatic rings. The molecular formula is C14H13N3. The van der Waals surface area contributed by atoms with Crippen molar-refractivity contribution in [3.05, 3.63) is 60.3 Å². The Morgan fingerprint density at radius 2 is 1.65 bits per heavy atom. The summed E-state index contributed by atoms with van der Waals surface area (Å²) in [6.45, 7) is 0.459. The Hall–Kier alpha value is -2.13. The number of nitrogens with two attached hydrogens (primary N) is 1. The normalized spacial score (nSPS) is 10.9. The molecule has 0 unspecified atom stereocenters. The van der Waals surface area contributed by atoms with Crippen LogP contribution in [0.2, 0.25) is 0 Å². The zero-order chi connectivity index (χ0) is 11.7. The highest BCUT2D eigenvalue weighted by Gasteiger charge is 2.09. The van der Waals surface area contributed by atoms with Crippen LogP contribution in [0, 0.1) is 0 Å². The van der Waals surface area contributed by atoms with Gasteiger partial charge >= 0.3 is 0 Å². The number of hydrogen-bond donors (Lipinski definition) is 1. The minimum Gasteiger partial charge on any atom is -0.325 e. The Balaban J connectivity index is 2.31. The van der Waals surface area contributed by atoms with Crippen LogP contribution in [0.1, 0.15) is 5.69 Å². The van der Waals surface area contributed by atoms with Crippen molar-refractivity contribution < 1.29 is 0 Å². The van der Waals surface area contributed by atoms with Crippen molar-refractivity contribution in [1.82, 2.24) is 9.78 Å². The van der Waals surface area contributed by atoms with Crippen molar-refractivity contribution in [2.45, 2.75) is 6.54 Å². The molecule has 2 N–H and O–H groups in total. The fourth-order valence-electron chi connectivity index (χ4n) is 2.05. The minimum atomic E-state index is 0.459. The molecule has 0 spiro atoms. The van der Waals surface area contributed by atoms with E-state index in [9.17, 15) is 0 Å². The van der Waals surface area contributed by atoms with Crippen LogP contribution in [-0.2, 0) is 6.54 Å². The zero-order valence-electron chi connectivity index (χ0n) is 9.38. The van der Waals surface area contributed by atoms with Crippen molar-refractivity contribution in [3.8, 4) is 5.69 Å². The molecule has 3 rings (SSSR count). The van der Waals surface area contributed by atoms with E-state index < -0.39 is 0 Å². The van der Waals surface area contributed by atoms with Gasteiger partial charge in [-0.25, -0.2) is 4.68 Å². The number of fused-ring (bicyclic) bond motifs is 1. The van der Waals surface area contributed by atoms with E-state index in [0.29, 0.717) is 6.54 Å². The second-order valence-corrected chi connectivity index (χ2v) is 3.92. The summed E-state index contributed by atoms with van der Waals surface area (Å²) in [5, 5.41) is 5.69. The zero-order valence-corrected chi connectivity index (χ0v) is 9.38. The molecular weight excluding hydrogens is 210 g/mol. The van der Waals surface area contributed by atoms with E-state index in [1.165, 1.54) is 0 Å². The monoisotopic (exact) mass is 223 g/mol. The minimum absolute atomic E-state index is 0.459. The molecule has 0 aliphatic rings. The predicted molar refractivity (Wildman–Crippen MR) is 69.0 cm³/mol. The third-order valence-electron chi connectivity index (χ3n) is 2.86. The van der Waals surface area contributed by atoms with E-state index in [0.717, 1.165) is 22.3 Å². The van der Waals surface area contributed by atoms with Crippen LogP contribution < -0.4 is 5.73 Å². The molecule has 0 saturated carbocycles. The fourth-order valence-corrected chi connectivity index (χ4v) is 2.05. The number of rotatable bonds is 2. The third-order valence-corrected chi connectivity index (χ3v) is 2.86. The Morgan fingerprint density at radius 3 is 2.41 bits per heavy atom. The molecule has 1 aromatic heterocycles. The Morgan fingerprint density at radius 1 is 0.941 bits per heavy atom. The van der Waals surface area contributed by atoms with Gasteiger partial charge in [0, 0.05) is 11.9 Å². The second-order valence-electron chi connectivity index (χ2n) is 3.92. The Bertz CT molecular complexity index is 641. The first-order valence-corrected chi connectivity index (χ1v) is 5.62. The number of hydrogen-bond acceptors (Lipinski definition) is 2. The highest BCUT2D eigenvalue weighted by molar-refractivity contribution is 5.83. The molecule has 0 aliphatic carbocycles. The van der Waals surface area contributed by atoms with Crippen molar-refractivity contribution in [2.75, 3.05) is 0 Å². The molecule has 0 bridgehead atoms. The van der Waals surface area contributed by atoms with Crippen LogP contribution in [0.15, 0.2) is 54.6 Å². The second kappa shape index (κ2) is 4.03. The van der Waals surface area contributed by atoms with Crippen molar-refractivity contribution in [3.63, 3.8) is 0 Å². The van der Waals surface area contributed by atoms with E-state index in [1.54, 1.807) is 0 Å². The third kappa shape index (κ3) is 1.61. The molecule has 2 aromatic carbocycles. The summed E-state index contributed by atoms with van der Waals surface area (Å²) in [7, 11) is 0. The summed E-state index contributed by atoms with van der Waals surface area (Å²) in [6, 6.07) is 18.3. The van der Waals surface area contributed by atoms with Crippen LogP contribution >= 0.6 is 0 Å². The van der Waals surface area contributed by atoms with E-state index in [4.69, 9.17) is 5.73 Å². The topological polar surface area (TPSA) is 43.8 Å². The smallest absolute Gasteiger partial charge is 0.0843 e. The first-order chi connectivity index (χ1) is 8.40. The van der Waals surface area contributed by atoms with Gasteiger partial charge in [0.25, 0.3) is 0 Å². The van der Waals surface area contributed by atoms with Gasteiger partial charge in [0.15, 0.2) is 0 Å². The summed E-state index contributed by atoms with van der Waals surface area (Å²) in [5.74, 6) is 0. The summed E-state index contributed by atoms with van der Waals surface area (Å²) in [4.78, 5) is 0. The van der Waals surface area contributed by atoms with Gasteiger partial charge in [-0.05, 0) is 18.2 Å². The average Bonchev–Trinajstić information content (AvgIpc) is 2.78. The van der Waals surface area contributed by atoms with Gasteiger partial charge in [0.2, 0.25) is 0 Å². The largest absolute Gasteiger partial charge is 0.325 e. The van der Waals surface area contributed by atoms with Gasteiger partial charge in [-0.2, -0.15) is 5.10 Å². The van der Waals surface area contributed by atoms with Gasteiger partial charge < -0.3 is 5.73 Å². The van der Waals surface area contributed by atoms with Gasteiger partial charge in [-0.15, -0.1) is 0 Å². The first kappa shape index (κ1) is 10.1. The Labute approximate surface area is 99.5 Å². The summed E-state index contributed by atoms with van der Waals surface area (Å²) < 4.78 is 1.94. The molecule has 0 radical (unpaired) electrons. The van der Waals surface area contributed by atoms with Gasteiger partial charge in [0.1, 0.15) is 0 Å². The van der Waals surface area contributed by atoms with Crippen molar-refractivity contribution in [2.24, 2.45) is 5.73 Å². The maximum absolute atomic E-state index is 5.73. The lowest BCUT2D eigenvalue weighted by molar-refractivity contribution is 0.853. The lowest BCUT2D eigenvalue weighted by atomic mass is 10.2. The molecule has 0 fully saturated rings. The molecule has 3 heteroatoms. The van der Waals surface area contributed by atoms with E-state index >= 15 is 0 Å². The van der Waals surface area contributed by atoms with Gasteiger partial charge in [-0.1, -0.05) is 36.4 Å². The number of benzene rings is 2. The Kier molecular flexibility index (Phi) is 2.38. The average molecular weight is 223 g/mol. The summed E-state index contributed by atoms with van der Waals surface area (Å²) in [6.07, 6.45) is 0.